The Morgan fingerprint density at radius 2 is 2.00 bits per heavy atom. The molecule has 24 heavy (non-hydrogen) atoms. The maximum Gasteiger partial charge on any atom is 0.254 e. The van der Waals surface area contributed by atoms with Crippen LogP contribution in [0.1, 0.15) is 24.3 Å². The van der Waals surface area contributed by atoms with Gasteiger partial charge in [0.1, 0.15) is 24.1 Å². The van der Waals surface area contributed by atoms with Gasteiger partial charge in [0.2, 0.25) is 0 Å². The molecule has 0 aliphatic carbocycles. The zero-order valence-electron chi connectivity index (χ0n) is 13.6. The van der Waals surface area contributed by atoms with Crippen molar-refractivity contribution < 1.29 is 9.13 Å². The van der Waals surface area contributed by atoms with Crippen LogP contribution in [-0.2, 0) is 4.74 Å². The zero-order valence-corrected chi connectivity index (χ0v) is 13.6. The number of morpholine rings is 1. The van der Waals surface area contributed by atoms with Gasteiger partial charge in [-0.1, -0.05) is 12.1 Å². The molecule has 0 bridgehead atoms. The number of aryl methyl sites for hydroxylation is 1. The van der Waals surface area contributed by atoms with Crippen molar-refractivity contribution in [1.82, 2.24) is 19.6 Å². The Kier molecular flexibility index (Phi) is 3.65. The van der Waals surface area contributed by atoms with Crippen molar-refractivity contribution in [3.05, 3.63) is 53.7 Å². The summed E-state index contributed by atoms with van der Waals surface area (Å²) in [6, 6.07) is 8.49. The molecule has 7 heteroatoms. The summed E-state index contributed by atoms with van der Waals surface area (Å²) in [6.07, 6.45) is 1.43. The van der Waals surface area contributed by atoms with Crippen LogP contribution in [0.25, 0.3) is 5.78 Å². The number of halogens is 1. The van der Waals surface area contributed by atoms with Gasteiger partial charge in [-0.3, -0.25) is 0 Å². The van der Waals surface area contributed by atoms with Crippen LogP contribution >= 0.6 is 0 Å². The third-order valence-corrected chi connectivity index (χ3v) is 4.19. The number of benzene rings is 1. The van der Waals surface area contributed by atoms with E-state index in [2.05, 4.69) is 20.0 Å². The molecule has 1 aromatic carbocycles. The number of ether oxygens (including phenoxy) is 1. The molecule has 1 aliphatic heterocycles. The predicted octanol–water partition coefficient (Wildman–Crippen LogP) is 2.54. The first-order valence-electron chi connectivity index (χ1n) is 7.93. The summed E-state index contributed by atoms with van der Waals surface area (Å²) in [7, 11) is 0. The fourth-order valence-corrected chi connectivity index (χ4v) is 3.14. The topological polar surface area (TPSA) is 55.6 Å². The number of hydrogen-bond donors (Lipinski definition) is 0. The number of fused-ring (bicyclic) bond motifs is 1. The van der Waals surface area contributed by atoms with Crippen molar-refractivity contribution in [1.29, 1.82) is 0 Å². The molecule has 0 saturated carbocycles. The highest BCUT2D eigenvalue weighted by Gasteiger charge is 2.28. The van der Waals surface area contributed by atoms with Gasteiger partial charge < -0.3 is 9.64 Å². The number of rotatable bonds is 2. The minimum atomic E-state index is -0.242. The van der Waals surface area contributed by atoms with E-state index in [4.69, 9.17) is 4.74 Å². The van der Waals surface area contributed by atoms with Crippen LogP contribution in [0.4, 0.5) is 10.2 Å². The highest BCUT2D eigenvalue weighted by molar-refractivity contribution is 5.48. The second-order valence-corrected chi connectivity index (χ2v) is 6.12. The van der Waals surface area contributed by atoms with Gasteiger partial charge >= 0.3 is 0 Å². The molecule has 0 N–H and O–H groups in total. The minimum absolute atomic E-state index is 0.0424. The maximum absolute atomic E-state index is 13.2. The average molecular weight is 327 g/mol. The number of nitrogens with zero attached hydrogens (tertiary/aromatic N) is 5. The van der Waals surface area contributed by atoms with Crippen molar-refractivity contribution in [2.24, 2.45) is 0 Å². The lowest BCUT2D eigenvalue weighted by molar-refractivity contribution is -0.0177. The van der Waals surface area contributed by atoms with Crippen molar-refractivity contribution >= 4 is 11.6 Å². The van der Waals surface area contributed by atoms with Crippen LogP contribution in [0, 0.1) is 12.7 Å². The molecule has 124 valence electrons. The van der Waals surface area contributed by atoms with E-state index < -0.39 is 0 Å². The molecule has 1 fully saturated rings. The average Bonchev–Trinajstić information content (AvgIpc) is 3.02. The summed E-state index contributed by atoms with van der Waals surface area (Å²) >= 11 is 0. The van der Waals surface area contributed by atoms with Crippen molar-refractivity contribution in [2.45, 2.75) is 26.1 Å². The third kappa shape index (κ3) is 2.71. The molecule has 4 rings (SSSR count). The van der Waals surface area contributed by atoms with E-state index in [1.807, 2.05) is 19.9 Å². The quantitative estimate of drug-likeness (QED) is 0.724. The lowest BCUT2D eigenvalue weighted by Crippen LogP contribution is -2.43. The second-order valence-electron chi connectivity index (χ2n) is 6.12. The monoisotopic (exact) mass is 327 g/mol. The Balaban J connectivity index is 1.69. The SMILES string of the molecule is Cc1cc(N2CC(C)OC(c3ccc(F)cc3)C2)n2ncnc2n1. The van der Waals surface area contributed by atoms with E-state index in [1.165, 1.54) is 18.5 Å². The van der Waals surface area contributed by atoms with Crippen LogP contribution in [0.15, 0.2) is 36.7 Å². The van der Waals surface area contributed by atoms with Gasteiger partial charge in [-0.05, 0) is 31.5 Å². The van der Waals surface area contributed by atoms with Gasteiger partial charge in [0.15, 0.2) is 0 Å². The predicted molar refractivity (Wildman–Crippen MR) is 87.4 cm³/mol. The van der Waals surface area contributed by atoms with Gasteiger partial charge in [-0.25, -0.2) is 9.37 Å². The Bertz CT molecular complexity index is 863. The van der Waals surface area contributed by atoms with E-state index in [0.717, 1.165) is 23.6 Å². The fraction of sp³-hybridized carbons (Fsp3) is 0.353. The molecule has 2 atom stereocenters. The smallest absolute Gasteiger partial charge is 0.254 e. The molecule has 2 aromatic heterocycles. The molecule has 1 saturated heterocycles. The van der Waals surface area contributed by atoms with E-state index in [9.17, 15) is 4.39 Å². The van der Waals surface area contributed by atoms with Crippen LogP contribution in [0.2, 0.25) is 0 Å². The molecule has 3 heterocycles. The Labute approximate surface area is 138 Å². The summed E-state index contributed by atoms with van der Waals surface area (Å²) < 4.78 is 21.0. The number of hydrogen-bond acceptors (Lipinski definition) is 5. The second kappa shape index (κ2) is 5.83. The normalized spacial score (nSPS) is 21.4. The number of aromatic nitrogens is 4. The molecule has 3 aromatic rings. The van der Waals surface area contributed by atoms with Crippen molar-refractivity contribution in [3.63, 3.8) is 0 Å². The largest absolute Gasteiger partial charge is 0.367 e. The first-order chi connectivity index (χ1) is 11.6. The first kappa shape index (κ1) is 15.0. The Morgan fingerprint density at radius 3 is 2.79 bits per heavy atom. The lowest BCUT2D eigenvalue weighted by Gasteiger charge is -2.38. The maximum atomic E-state index is 13.2. The molecule has 0 spiro atoms. The third-order valence-electron chi connectivity index (χ3n) is 4.19. The summed E-state index contributed by atoms with van der Waals surface area (Å²) in [5.74, 6) is 1.29. The minimum Gasteiger partial charge on any atom is -0.367 e. The lowest BCUT2D eigenvalue weighted by atomic mass is 10.1. The Morgan fingerprint density at radius 1 is 1.21 bits per heavy atom. The fourth-order valence-electron chi connectivity index (χ4n) is 3.14. The van der Waals surface area contributed by atoms with Crippen molar-refractivity contribution in [3.8, 4) is 0 Å². The molecular formula is C17H18FN5O. The van der Waals surface area contributed by atoms with Gasteiger partial charge in [0.05, 0.1) is 6.10 Å². The first-order valence-corrected chi connectivity index (χ1v) is 7.93. The summed E-state index contributed by atoms with van der Waals surface area (Å²) in [4.78, 5) is 10.8. The van der Waals surface area contributed by atoms with Gasteiger partial charge in [0, 0.05) is 24.8 Å². The van der Waals surface area contributed by atoms with E-state index >= 15 is 0 Å². The molecule has 0 amide bonds. The van der Waals surface area contributed by atoms with Crippen LogP contribution in [0.5, 0.6) is 0 Å². The van der Waals surface area contributed by atoms with Gasteiger partial charge in [-0.2, -0.15) is 14.6 Å². The van der Waals surface area contributed by atoms with E-state index in [1.54, 1.807) is 16.6 Å². The summed E-state index contributed by atoms with van der Waals surface area (Å²) in [5, 5.41) is 4.28. The molecular weight excluding hydrogens is 309 g/mol. The van der Waals surface area contributed by atoms with Crippen LogP contribution < -0.4 is 4.90 Å². The standard InChI is InChI=1S/C17H18FN5O/c1-11-7-16(23-17(21-11)19-10-20-23)22-8-12(2)24-15(9-22)13-3-5-14(18)6-4-13/h3-7,10,12,15H,8-9H2,1-2H3. The summed E-state index contributed by atoms with van der Waals surface area (Å²) in [5.41, 5.74) is 1.86. The van der Waals surface area contributed by atoms with Crippen LogP contribution in [0.3, 0.4) is 0 Å². The molecule has 1 aliphatic rings. The Hall–Kier alpha value is -2.54. The molecule has 6 nitrogen and oxygen atoms in total. The highest BCUT2D eigenvalue weighted by atomic mass is 19.1. The van der Waals surface area contributed by atoms with E-state index in [-0.39, 0.29) is 18.0 Å². The number of anilines is 1. The van der Waals surface area contributed by atoms with E-state index in [0.29, 0.717) is 12.3 Å². The van der Waals surface area contributed by atoms with Gasteiger partial charge in [-0.15, -0.1) is 0 Å². The summed E-state index contributed by atoms with van der Waals surface area (Å²) in [6.45, 7) is 5.39. The highest BCUT2D eigenvalue weighted by Crippen LogP contribution is 2.29. The molecule has 0 radical (unpaired) electrons. The van der Waals surface area contributed by atoms with Crippen molar-refractivity contribution in [2.75, 3.05) is 18.0 Å². The zero-order chi connectivity index (χ0) is 16.7. The van der Waals surface area contributed by atoms with Gasteiger partial charge in [0.25, 0.3) is 5.78 Å². The van der Waals surface area contributed by atoms with Crippen LogP contribution in [-0.4, -0.2) is 38.8 Å². The molecule has 2 unspecified atom stereocenters.